The van der Waals surface area contributed by atoms with Gasteiger partial charge in [0.2, 0.25) is 5.95 Å². The smallest absolute Gasteiger partial charge is 0.235 e. The monoisotopic (exact) mass is 744 g/mol. The van der Waals surface area contributed by atoms with Gasteiger partial charge in [-0.1, -0.05) is 121 Å². The van der Waals surface area contributed by atoms with Crippen molar-refractivity contribution < 1.29 is 0 Å². The maximum atomic E-state index is 5.24. The van der Waals surface area contributed by atoms with E-state index in [0.29, 0.717) is 5.95 Å². The van der Waals surface area contributed by atoms with Crippen molar-refractivity contribution in [2.45, 2.75) is 0 Å². The van der Waals surface area contributed by atoms with Crippen LogP contribution in [0.5, 0.6) is 0 Å². The lowest BCUT2D eigenvalue weighted by molar-refractivity contribution is 0.992. The summed E-state index contributed by atoms with van der Waals surface area (Å²) in [5.41, 5.74) is 12.4. The predicted octanol–water partition coefficient (Wildman–Crippen LogP) is 14.0. The van der Waals surface area contributed by atoms with Gasteiger partial charge in [-0.25, -0.2) is 9.97 Å². The Morgan fingerprint density at radius 2 is 0.982 bits per heavy atom. The van der Waals surface area contributed by atoms with Crippen molar-refractivity contribution in [2.75, 3.05) is 0 Å². The van der Waals surface area contributed by atoms with Crippen molar-refractivity contribution >= 4 is 75.1 Å². The van der Waals surface area contributed by atoms with E-state index < -0.39 is 0 Å². The van der Waals surface area contributed by atoms with Gasteiger partial charge in [0.15, 0.2) is 0 Å². The molecule has 4 nitrogen and oxygen atoms in total. The van der Waals surface area contributed by atoms with E-state index in [1.807, 2.05) is 23.6 Å². The van der Waals surface area contributed by atoms with Gasteiger partial charge in [-0.2, -0.15) is 0 Å². The highest BCUT2D eigenvalue weighted by atomic mass is 32.1. The maximum Gasteiger partial charge on any atom is 0.235 e. The van der Waals surface area contributed by atoms with Crippen molar-refractivity contribution in [3.63, 3.8) is 0 Å². The molecule has 0 spiro atoms. The first-order valence-electron chi connectivity index (χ1n) is 19.2. The first kappa shape index (κ1) is 32.0. The first-order valence-corrected chi connectivity index (χ1v) is 20.1. The molecule has 12 aromatic rings. The summed E-state index contributed by atoms with van der Waals surface area (Å²) in [7, 11) is 0. The summed E-state index contributed by atoms with van der Waals surface area (Å²) >= 11 is 1.86. The maximum absolute atomic E-state index is 5.24. The molecule has 0 bridgehead atoms. The zero-order valence-electron chi connectivity index (χ0n) is 30.7. The molecule has 8 aromatic carbocycles. The summed E-state index contributed by atoms with van der Waals surface area (Å²) in [6.07, 6.45) is 1.88. The second kappa shape index (κ2) is 12.6. The number of nitrogens with zero attached hydrogens (tertiary/aromatic N) is 4. The number of hydrogen-bond acceptors (Lipinski definition) is 3. The molecule has 0 amide bonds. The van der Waals surface area contributed by atoms with Crippen LogP contribution in [0.3, 0.4) is 0 Å². The van der Waals surface area contributed by atoms with E-state index in [1.165, 1.54) is 75.0 Å². The summed E-state index contributed by atoms with van der Waals surface area (Å²) < 4.78 is 7.18. The van der Waals surface area contributed by atoms with Gasteiger partial charge in [0, 0.05) is 59.2 Å². The Labute approximate surface area is 332 Å². The molecule has 0 saturated carbocycles. The SMILES string of the molecule is c1ccc(-n2c3ccccc3c3cc(-c4ccc5c(c4)c4ccccc4n5-c4nccc(-c5cccc(-c6cccc7c6sc6ccccc67)c5)n4)ccc32)cc1. The molecular formula is C52H32N4S. The van der Waals surface area contributed by atoms with E-state index in [1.54, 1.807) is 0 Å². The van der Waals surface area contributed by atoms with E-state index >= 15 is 0 Å². The second-order valence-corrected chi connectivity index (χ2v) is 15.7. The first-order chi connectivity index (χ1) is 28.3. The molecule has 57 heavy (non-hydrogen) atoms. The normalized spacial score (nSPS) is 11.9. The topological polar surface area (TPSA) is 35.6 Å². The van der Waals surface area contributed by atoms with Crippen molar-refractivity contribution in [3.05, 3.63) is 194 Å². The Morgan fingerprint density at radius 3 is 1.75 bits per heavy atom. The van der Waals surface area contributed by atoms with E-state index in [2.05, 4.69) is 191 Å². The quantitative estimate of drug-likeness (QED) is 0.176. The van der Waals surface area contributed by atoms with E-state index in [9.17, 15) is 0 Å². The molecular weight excluding hydrogens is 713 g/mol. The highest BCUT2D eigenvalue weighted by Crippen LogP contribution is 2.41. The summed E-state index contributed by atoms with van der Waals surface area (Å²) in [5.74, 6) is 0.651. The van der Waals surface area contributed by atoms with Gasteiger partial charge in [0.05, 0.1) is 27.8 Å². The van der Waals surface area contributed by atoms with Gasteiger partial charge in [-0.05, 0) is 89.0 Å². The molecule has 4 aromatic heterocycles. The average Bonchev–Trinajstić information content (AvgIpc) is 3.94. The molecule has 0 saturated heterocycles. The van der Waals surface area contributed by atoms with Crippen LogP contribution in [0, 0.1) is 0 Å². The van der Waals surface area contributed by atoms with Crippen LogP contribution in [-0.2, 0) is 0 Å². The number of aromatic nitrogens is 4. The number of thiophene rings is 1. The van der Waals surface area contributed by atoms with Crippen LogP contribution in [0.15, 0.2) is 194 Å². The van der Waals surface area contributed by atoms with Crippen LogP contribution in [0.4, 0.5) is 0 Å². The predicted molar refractivity (Wildman–Crippen MR) is 240 cm³/mol. The van der Waals surface area contributed by atoms with Gasteiger partial charge < -0.3 is 4.57 Å². The Bertz CT molecular complexity index is 3530. The van der Waals surface area contributed by atoms with Crippen LogP contribution >= 0.6 is 11.3 Å². The Morgan fingerprint density at radius 1 is 0.386 bits per heavy atom. The number of fused-ring (bicyclic) bond motifs is 9. The lowest BCUT2D eigenvalue weighted by Gasteiger charge is -2.10. The number of para-hydroxylation sites is 3. The van der Waals surface area contributed by atoms with Crippen LogP contribution < -0.4 is 0 Å². The fraction of sp³-hybridized carbons (Fsp3) is 0. The summed E-state index contributed by atoms with van der Waals surface area (Å²) in [4.78, 5) is 10.1. The van der Waals surface area contributed by atoms with Gasteiger partial charge in [0.25, 0.3) is 0 Å². The second-order valence-electron chi connectivity index (χ2n) is 14.6. The molecule has 0 radical (unpaired) electrons. The van der Waals surface area contributed by atoms with Crippen LogP contribution in [0.25, 0.3) is 109 Å². The van der Waals surface area contributed by atoms with Gasteiger partial charge in [-0.3, -0.25) is 4.57 Å². The zero-order valence-corrected chi connectivity index (χ0v) is 31.5. The Balaban J connectivity index is 0.965. The fourth-order valence-corrected chi connectivity index (χ4v) is 10.1. The molecule has 0 unspecified atom stereocenters. The largest absolute Gasteiger partial charge is 0.309 e. The molecule has 12 rings (SSSR count). The van der Waals surface area contributed by atoms with E-state index in [-0.39, 0.29) is 0 Å². The van der Waals surface area contributed by atoms with Crippen LogP contribution in [0.1, 0.15) is 0 Å². The zero-order chi connectivity index (χ0) is 37.5. The highest BCUT2D eigenvalue weighted by Gasteiger charge is 2.18. The standard InChI is InChI=1S/C52H32N4S/c1-2-14-37(15-3-1)55-46-21-7-4-16-39(46)43-31-33(24-26-48(43)55)34-25-27-49-44(32-34)40-17-5-8-22-47(40)56(49)52-53-29-28-45(54-52)36-13-10-12-35(30-36)38-19-11-20-42-41-18-6-9-23-50(41)57-51(38)42/h1-32H. The minimum Gasteiger partial charge on any atom is -0.309 e. The highest BCUT2D eigenvalue weighted by molar-refractivity contribution is 7.26. The van der Waals surface area contributed by atoms with Crippen molar-refractivity contribution in [3.8, 4) is 45.1 Å². The third-order valence-electron chi connectivity index (χ3n) is 11.4. The number of benzene rings is 8. The van der Waals surface area contributed by atoms with Crippen LogP contribution in [-0.4, -0.2) is 19.1 Å². The fourth-order valence-electron chi connectivity index (χ4n) is 8.81. The van der Waals surface area contributed by atoms with Crippen molar-refractivity contribution in [1.82, 2.24) is 19.1 Å². The molecule has 266 valence electrons. The molecule has 0 aliphatic carbocycles. The summed E-state index contributed by atoms with van der Waals surface area (Å²) in [5, 5.41) is 7.43. The Hall–Kier alpha value is -7.34. The molecule has 0 aliphatic rings. The number of hydrogen-bond donors (Lipinski definition) is 0. The van der Waals surface area contributed by atoms with E-state index in [0.717, 1.165) is 28.0 Å². The molecule has 5 heteroatoms. The average molecular weight is 745 g/mol. The Kier molecular flexibility index (Phi) is 7.06. The number of rotatable bonds is 5. The summed E-state index contributed by atoms with van der Waals surface area (Å²) in [6.45, 7) is 0. The van der Waals surface area contributed by atoms with Gasteiger partial charge >= 0.3 is 0 Å². The summed E-state index contributed by atoms with van der Waals surface area (Å²) in [6, 6.07) is 67.6. The van der Waals surface area contributed by atoms with Gasteiger partial charge in [-0.15, -0.1) is 11.3 Å². The van der Waals surface area contributed by atoms with Crippen molar-refractivity contribution in [2.24, 2.45) is 0 Å². The molecule has 0 fully saturated rings. The molecule has 0 N–H and O–H groups in total. The van der Waals surface area contributed by atoms with Gasteiger partial charge in [0.1, 0.15) is 0 Å². The lowest BCUT2D eigenvalue weighted by atomic mass is 10.00. The minimum absolute atomic E-state index is 0.651. The van der Waals surface area contributed by atoms with Crippen molar-refractivity contribution in [1.29, 1.82) is 0 Å². The molecule has 0 aliphatic heterocycles. The third-order valence-corrected chi connectivity index (χ3v) is 12.6. The lowest BCUT2D eigenvalue weighted by Crippen LogP contribution is -2.01. The van der Waals surface area contributed by atoms with E-state index in [4.69, 9.17) is 9.97 Å². The molecule has 0 atom stereocenters. The minimum atomic E-state index is 0.651. The third kappa shape index (κ3) is 4.99. The van der Waals surface area contributed by atoms with Crippen LogP contribution in [0.2, 0.25) is 0 Å². The molecule has 4 heterocycles.